The second-order valence-corrected chi connectivity index (χ2v) is 6.73. The molecule has 18 heavy (non-hydrogen) atoms. The molecule has 0 radical (unpaired) electrons. The van der Waals surface area contributed by atoms with E-state index in [0.717, 1.165) is 31.6 Å². The lowest BCUT2D eigenvalue weighted by Gasteiger charge is -2.04. The van der Waals surface area contributed by atoms with E-state index in [2.05, 4.69) is 40.1 Å². The quantitative estimate of drug-likeness (QED) is 0.814. The van der Waals surface area contributed by atoms with E-state index in [1.807, 2.05) is 24.4 Å². The number of halogens is 2. The van der Waals surface area contributed by atoms with Crippen molar-refractivity contribution < 1.29 is 0 Å². The molecule has 1 heterocycles. The van der Waals surface area contributed by atoms with Gasteiger partial charge in [0.2, 0.25) is 0 Å². The van der Waals surface area contributed by atoms with Crippen molar-refractivity contribution in [3.8, 4) is 10.4 Å². The van der Waals surface area contributed by atoms with E-state index < -0.39 is 0 Å². The minimum atomic E-state index is 0.611. The maximum Gasteiger partial charge on any atom is 0.183 e. The third-order valence-electron chi connectivity index (χ3n) is 2.37. The number of hydrogen-bond donors (Lipinski definition) is 1. The maximum absolute atomic E-state index is 6.09. The van der Waals surface area contributed by atoms with Crippen molar-refractivity contribution in [2.45, 2.75) is 13.8 Å². The molecule has 5 heteroatoms. The van der Waals surface area contributed by atoms with Crippen LogP contribution in [0.5, 0.6) is 0 Å². The zero-order valence-electron chi connectivity index (χ0n) is 10.2. The Morgan fingerprint density at radius 1 is 1.44 bits per heavy atom. The fourth-order valence-electron chi connectivity index (χ4n) is 1.43. The van der Waals surface area contributed by atoms with Crippen LogP contribution >= 0.6 is 38.9 Å². The third kappa shape index (κ3) is 3.46. The van der Waals surface area contributed by atoms with Crippen LogP contribution in [-0.4, -0.2) is 11.5 Å². The first-order valence-electron chi connectivity index (χ1n) is 5.71. The van der Waals surface area contributed by atoms with E-state index in [0.29, 0.717) is 5.92 Å². The molecule has 0 aliphatic carbocycles. The van der Waals surface area contributed by atoms with E-state index in [4.69, 9.17) is 11.6 Å². The van der Waals surface area contributed by atoms with E-state index in [9.17, 15) is 0 Å². The summed E-state index contributed by atoms with van der Waals surface area (Å²) in [7, 11) is 0. The highest BCUT2D eigenvalue weighted by atomic mass is 79.9. The lowest BCUT2D eigenvalue weighted by Crippen LogP contribution is -2.07. The number of thiazole rings is 1. The van der Waals surface area contributed by atoms with Crippen molar-refractivity contribution in [1.82, 2.24) is 4.98 Å². The average Bonchev–Trinajstić information content (AvgIpc) is 2.79. The Morgan fingerprint density at radius 3 is 2.89 bits per heavy atom. The largest absolute Gasteiger partial charge is 0.361 e. The molecule has 0 amide bonds. The smallest absolute Gasteiger partial charge is 0.183 e. The molecule has 0 saturated carbocycles. The van der Waals surface area contributed by atoms with Gasteiger partial charge < -0.3 is 5.32 Å². The van der Waals surface area contributed by atoms with Crippen molar-refractivity contribution >= 4 is 44.0 Å². The van der Waals surface area contributed by atoms with E-state index in [1.165, 1.54) is 0 Å². The molecule has 0 spiro atoms. The molecule has 2 nitrogen and oxygen atoms in total. The fourth-order valence-corrected chi connectivity index (χ4v) is 2.68. The summed E-state index contributed by atoms with van der Waals surface area (Å²) in [6.45, 7) is 5.29. The number of hydrogen-bond acceptors (Lipinski definition) is 3. The van der Waals surface area contributed by atoms with Crippen LogP contribution in [0.25, 0.3) is 10.4 Å². The first-order valence-corrected chi connectivity index (χ1v) is 7.70. The van der Waals surface area contributed by atoms with E-state index >= 15 is 0 Å². The van der Waals surface area contributed by atoms with Crippen LogP contribution < -0.4 is 5.32 Å². The predicted octanol–water partition coefficient (Wildman–Crippen LogP) is 5.29. The van der Waals surface area contributed by atoms with Crippen LogP contribution in [0.4, 0.5) is 5.13 Å². The molecule has 0 atom stereocenters. The normalized spacial score (nSPS) is 10.9. The minimum absolute atomic E-state index is 0.611. The van der Waals surface area contributed by atoms with E-state index in [1.54, 1.807) is 11.3 Å². The summed E-state index contributed by atoms with van der Waals surface area (Å²) < 4.78 is 0.913. The second-order valence-electron chi connectivity index (χ2n) is 4.43. The molecule has 1 N–H and O–H groups in total. The summed E-state index contributed by atoms with van der Waals surface area (Å²) in [5.74, 6) is 0.611. The maximum atomic E-state index is 6.09. The Hall–Kier alpha value is -0.580. The van der Waals surface area contributed by atoms with Crippen LogP contribution in [0.1, 0.15) is 13.8 Å². The lowest BCUT2D eigenvalue weighted by atomic mass is 10.2. The van der Waals surface area contributed by atoms with Crippen LogP contribution in [0.15, 0.2) is 28.9 Å². The van der Waals surface area contributed by atoms with Gasteiger partial charge in [-0.2, -0.15) is 0 Å². The number of nitrogens with one attached hydrogen (secondary N) is 1. The lowest BCUT2D eigenvalue weighted by molar-refractivity contribution is 0.688. The van der Waals surface area contributed by atoms with Crippen molar-refractivity contribution in [2.24, 2.45) is 5.92 Å². The van der Waals surface area contributed by atoms with E-state index in [-0.39, 0.29) is 0 Å². The molecule has 2 aromatic rings. The van der Waals surface area contributed by atoms with Crippen molar-refractivity contribution in [3.63, 3.8) is 0 Å². The van der Waals surface area contributed by atoms with Gasteiger partial charge in [0.1, 0.15) is 0 Å². The number of benzene rings is 1. The van der Waals surface area contributed by atoms with Gasteiger partial charge in [-0.05, 0) is 39.5 Å². The summed E-state index contributed by atoms with van der Waals surface area (Å²) in [6, 6.07) is 5.94. The summed E-state index contributed by atoms with van der Waals surface area (Å²) in [4.78, 5) is 5.49. The van der Waals surface area contributed by atoms with Gasteiger partial charge in [0.05, 0.1) is 9.90 Å². The molecule has 0 aliphatic heterocycles. The number of nitrogens with zero attached hydrogens (tertiary/aromatic N) is 1. The SMILES string of the molecule is CC(C)CNc1ncc(-c2ccc(Br)c(Cl)c2)s1. The fraction of sp³-hybridized carbons (Fsp3) is 0.308. The van der Waals surface area contributed by atoms with Crippen LogP contribution in [0, 0.1) is 5.92 Å². The highest BCUT2D eigenvalue weighted by molar-refractivity contribution is 9.10. The molecule has 2 rings (SSSR count). The van der Waals surface area contributed by atoms with Gasteiger partial charge >= 0.3 is 0 Å². The zero-order chi connectivity index (χ0) is 13.1. The van der Waals surface area contributed by atoms with Crippen molar-refractivity contribution in [1.29, 1.82) is 0 Å². The second kappa shape index (κ2) is 6.04. The molecule has 96 valence electrons. The first kappa shape index (κ1) is 13.8. The Bertz CT molecular complexity index is 540. The van der Waals surface area contributed by atoms with Gasteiger partial charge in [-0.15, -0.1) is 0 Å². The first-order chi connectivity index (χ1) is 8.56. The van der Waals surface area contributed by atoms with Crippen LogP contribution in [-0.2, 0) is 0 Å². The molecule has 1 aromatic heterocycles. The summed E-state index contributed by atoms with van der Waals surface area (Å²) in [5, 5.41) is 5.00. The number of aromatic nitrogens is 1. The van der Waals surface area contributed by atoms with Gasteiger partial charge in [-0.3, -0.25) is 0 Å². The zero-order valence-corrected chi connectivity index (χ0v) is 13.4. The highest BCUT2D eigenvalue weighted by Crippen LogP contribution is 2.33. The third-order valence-corrected chi connectivity index (χ3v) is 4.61. The summed E-state index contributed by atoms with van der Waals surface area (Å²) >= 11 is 11.1. The van der Waals surface area contributed by atoms with Crippen molar-refractivity contribution in [2.75, 3.05) is 11.9 Å². The summed E-state index contributed by atoms with van der Waals surface area (Å²) in [5.41, 5.74) is 1.10. The Labute approximate surface area is 125 Å². The molecule has 0 unspecified atom stereocenters. The topological polar surface area (TPSA) is 24.9 Å². The molecular weight excluding hydrogens is 332 g/mol. The Kier molecular flexibility index (Phi) is 4.65. The minimum Gasteiger partial charge on any atom is -0.361 e. The summed E-state index contributed by atoms with van der Waals surface area (Å²) in [6.07, 6.45) is 1.88. The Balaban J connectivity index is 2.16. The number of rotatable bonds is 4. The standard InChI is InChI=1S/C13H14BrClN2S/c1-8(2)6-16-13-17-7-12(18-13)9-3-4-10(14)11(15)5-9/h3-5,7-8H,6H2,1-2H3,(H,16,17). The molecule has 0 saturated heterocycles. The van der Waals surface area contributed by atoms with Gasteiger partial charge in [0.25, 0.3) is 0 Å². The van der Waals surface area contributed by atoms with Gasteiger partial charge in [0.15, 0.2) is 5.13 Å². The molecule has 0 aliphatic rings. The molecule has 0 fully saturated rings. The van der Waals surface area contributed by atoms with Gasteiger partial charge in [-0.1, -0.05) is 42.9 Å². The Morgan fingerprint density at radius 2 is 2.22 bits per heavy atom. The van der Waals surface area contributed by atoms with Crippen LogP contribution in [0.3, 0.4) is 0 Å². The molecule has 1 aromatic carbocycles. The molecule has 0 bridgehead atoms. The van der Waals surface area contributed by atoms with Crippen LogP contribution in [0.2, 0.25) is 5.02 Å². The average molecular weight is 346 g/mol. The van der Waals surface area contributed by atoms with Crippen molar-refractivity contribution in [3.05, 3.63) is 33.9 Å². The molecular formula is C13H14BrClN2S. The number of anilines is 1. The van der Waals surface area contributed by atoms with Gasteiger partial charge in [-0.25, -0.2) is 4.98 Å². The predicted molar refractivity (Wildman–Crippen MR) is 83.6 cm³/mol. The highest BCUT2D eigenvalue weighted by Gasteiger charge is 2.06. The van der Waals surface area contributed by atoms with Gasteiger partial charge in [0, 0.05) is 17.2 Å². The monoisotopic (exact) mass is 344 g/mol.